The third kappa shape index (κ3) is 3.43. The highest BCUT2D eigenvalue weighted by Crippen LogP contribution is 2.22. The van der Waals surface area contributed by atoms with E-state index in [9.17, 15) is 9.18 Å². The zero-order valence-corrected chi connectivity index (χ0v) is 12.4. The lowest BCUT2D eigenvalue weighted by Gasteiger charge is -2.06. The first-order valence-electron chi connectivity index (χ1n) is 5.05. The topological polar surface area (TPSA) is 42.0 Å². The molecule has 0 atom stereocenters. The first-order valence-corrected chi connectivity index (χ1v) is 6.59. The molecule has 7 heteroatoms. The van der Waals surface area contributed by atoms with Crippen LogP contribution in [0.4, 0.5) is 10.1 Å². The number of halogens is 4. The minimum absolute atomic E-state index is 0.128. The first-order chi connectivity index (χ1) is 8.97. The van der Waals surface area contributed by atoms with E-state index in [1.54, 1.807) is 0 Å². The molecule has 0 radical (unpaired) electrons. The summed E-state index contributed by atoms with van der Waals surface area (Å²) in [5.74, 6) is -0.821. The molecule has 1 aromatic heterocycles. The highest BCUT2D eigenvalue weighted by Gasteiger charge is 2.10. The van der Waals surface area contributed by atoms with Crippen LogP contribution in [0.1, 0.15) is 10.4 Å². The molecule has 1 aromatic carbocycles. The minimum Gasteiger partial charge on any atom is -0.322 e. The van der Waals surface area contributed by atoms with Gasteiger partial charge in [-0.25, -0.2) is 9.37 Å². The summed E-state index contributed by atoms with van der Waals surface area (Å²) in [6, 6.07) is 5.55. The number of rotatable bonds is 2. The Labute approximate surface area is 126 Å². The Hall–Kier alpha value is -1.17. The maximum absolute atomic E-state index is 13.1. The van der Waals surface area contributed by atoms with Gasteiger partial charge >= 0.3 is 0 Å². The van der Waals surface area contributed by atoms with Crippen LogP contribution >= 0.6 is 39.1 Å². The van der Waals surface area contributed by atoms with Gasteiger partial charge in [0, 0.05) is 11.9 Å². The summed E-state index contributed by atoms with van der Waals surface area (Å²) < 4.78 is 13.3. The maximum Gasteiger partial charge on any atom is 0.257 e. The number of benzene rings is 1. The summed E-state index contributed by atoms with van der Waals surface area (Å²) in [6.45, 7) is 0. The van der Waals surface area contributed by atoms with Crippen molar-refractivity contribution in [3.63, 3.8) is 0 Å². The molecule has 1 amide bonds. The highest BCUT2D eigenvalue weighted by molar-refractivity contribution is 9.10. The molecular weight excluding hydrogens is 358 g/mol. The van der Waals surface area contributed by atoms with Crippen LogP contribution in [0.2, 0.25) is 10.2 Å². The van der Waals surface area contributed by atoms with E-state index in [2.05, 4.69) is 26.2 Å². The molecule has 2 rings (SSSR count). The van der Waals surface area contributed by atoms with Crippen molar-refractivity contribution in [2.45, 2.75) is 0 Å². The third-order valence-corrected chi connectivity index (χ3v) is 3.53. The predicted molar refractivity (Wildman–Crippen MR) is 76.3 cm³/mol. The number of nitrogens with zero attached hydrogens (tertiary/aromatic N) is 1. The highest BCUT2D eigenvalue weighted by atomic mass is 79.9. The number of pyridine rings is 1. The Kier molecular flexibility index (Phi) is 4.39. The van der Waals surface area contributed by atoms with E-state index < -0.39 is 11.7 Å². The van der Waals surface area contributed by atoms with Crippen LogP contribution < -0.4 is 5.32 Å². The Morgan fingerprint density at radius 1 is 1.32 bits per heavy atom. The number of carbonyl (C=O) groups excluding carboxylic acids is 1. The normalized spacial score (nSPS) is 10.3. The van der Waals surface area contributed by atoms with Gasteiger partial charge < -0.3 is 5.32 Å². The molecular formula is C12H6BrCl2FN2O. The third-order valence-electron chi connectivity index (χ3n) is 2.24. The molecule has 0 aliphatic heterocycles. The fourth-order valence-corrected chi connectivity index (χ4v) is 1.97. The van der Waals surface area contributed by atoms with E-state index >= 15 is 0 Å². The van der Waals surface area contributed by atoms with E-state index in [-0.39, 0.29) is 20.2 Å². The van der Waals surface area contributed by atoms with Crippen LogP contribution in [-0.2, 0) is 0 Å². The molecule has 0 aliphatic rings. The summed E-state index contributed by atoms with van der Waals surface area (Å²) in [4.78, 5) is 15.7. The molecule has 98 valence electrons. The molecule has 0 spiro atoms. The average Bonchev–Trinajstić information content (AvgIpc) is 2.37. The van der Waals surface area contributed by atoms with Crippen molar-refractivity contribution in [3.8, 4) is 0 Å². The molecule has 3 nitrogen and oxygen atoms in total. The van der Waals surface area contributed by atoms with Crippen molar-refractivity contribution < 1.29 is 9.18 Å². The summed E-state index contributed by atoms with van der Waals surface area (Å²) in [5, 5.41) is 2.91. The monoisotopic (exact) mass is 362 g/mol. The zero-order valence-electron chi connectivity index (χ0n) is 9.25. The SMILES string of the molecule is O=C(Nc1ccc(F)c(Br)c1)c1cnc(Cl)c(Cl)c1. The first kappa shape index (κ1) is 14.2. The number of aromatic nitrogens is 1. The number of carbonyl (C=O) groups is 1. The van der Waals surface area contributed by atoms with E-state index in [4.69, 9.17) is 23.2 Å². The Morgan fingerprint density at radius 2 is 2.05 bits per heavy atom. The van der Waals surface area contributed by atoms with E-state index in [1.165, 1.54) is 30.5 Å². The number of amides is 1. The van der Waals surface area contributed by atoms with Gasteiger partial charge in [-0.1, -0.05) is 23.2 Å². The van der Waals surface area contributed by atoms with Gasteiger partial charge in [0.2, 0.25) is 0 Å². The van der Waals surface area contributed by atoms with Crippen LogP contribution in [0.3, 0.4) is 0 Å². The maximum atomic E-state index is 13.1. The van der Waals surface area contributed by atoms with Gasteiger partial charge in [-0.3, -0.25) is 4.79 Å². The fourth-order valence-electron chi connectivity index (χ4n) is 1.32. The summed E-state index contributed by atoms with van der Waals surface area (Å²) in [7, 11) is 0. The quantitative estimate of drug-likeness (QED) is 0.795. The van der Waals surface area contributed by atoms with Gasteiger partial charge in [0.05, 0.1) is 15.1 Å². The fraction of sp³-hybridized carbons (Fsp3) is 0. The molecule has 1 N–H and O–H groups in total. The van der Waals surface area contributed by atoms with Crippen LogP contribution in [0.25, 0.3) is 0 Å². The van der Waals surface area contributed by atoms with Gasteiger partial charge in [0.1, 0.15) is 11.0 Å². The van der Waals surface area contributed by atoms with Crippen LogP contribution in [0, 0.1) is 5.82 Å². The molecule has 0 aliphatic carbocycles. The van der Waals surface area contributed by atoms with Crippen molar-refractivity contribution in [1.82, 2.24) is 4.98 Å². The van der Waals surface area contributed by atoms with E-state index in [1.807, 2.05) is 0 Å². The van der Waals surface area contributed by atoms with Gasteiger partial charge in [0.15, 0.2) is 0 Å². The molecule has 0 saturated carbocycles. The Bertz CT molecular complexity index is 652. The molecule has 19 heavy (non-hydrogen) atoms. The Morgan fingerprint density at radius 3 is 2.68 bits per heavy atom. The van der Waals surface area contributed by atoms with Crippen LogP contribution in [0.15, 0.2) is 34.9 Å². The minimum atomic E-state index is -0.412. The van der Waals surface area contributed by atoms with Crippen molar-refractivity contribution >= 4 is 50.7 Å². The average molecular weight is 364 g/mol. The van der Waals surface area contributed by atoms with Crippen LogP contribution in [-0.4, -0.2) is 10.9 Å². The summed E-state index contributed by atoms with van der Waals surface area (Å²) >= 11 is 14.5. The standard InChI is InChI=1S/C12H6BrCl2FN2O/c13-8-4-7(1-2-10(8)16)18-12(19)6-3-9(14)11(15)17-5-6/h1-5H,(H,18,19). The lowest BCUT2D eigenvalue weighted by Crippen LogP contribution is -2.12. The summed E-state index contributed by atoms with van der Waals surface area (Å²) in [6.07, 6.45) is 1.31. The second kappa shape index (κ2) is 5.86. The predicted octanol–water partition coefficient (Wildman–Crippen LogP) is 4.54. The number of hydrogen-bond acceptors (Lipinski definition) is 2. The van der Waals surface area contributed by atoms with Crippen molar-refractivity contribution in [1.29, 1.82) is 0 Å². The van der Waals surface area contributed by atoms with Crippen molar-refractivity contribution in [2.75, 3.05) is 5.32 Å². The van der Waals surface area contributed by atoms with E-state index in [0.717, 1.165) is 0 Å². The molecule has 2 aromatic rings. The summed E-state index contributed by atoms with van der Waals surface area (Å²) in [5.41, 5.74) is 0.708. The van der Waals surface area contributed by atoms with Crippen molar-refractivity contribution in [3.05, 3.63) is 56.5 Å². The smallest absolute Gasteiger partial charge is 0.257 e. The lowest BCUT2D eigenvalue weighted by molar-refractivity contribution is 0.102. The molecule has 0 bridgehead atoms. The number of anilines is 1. The molecule has 0 saturated heterocycles. The van der Waals surface area contributed by atoms with Gasteiger partial charge in [-0.15, -0.1) is 0 Å². The molecule has 1 heterocycles. The van der Waals surface area contributed by atoms with E-state index in [0.29, 0.717) is 5.69 Å². The zero-order chi connectivity index (χ0) is 14.0. The Balaban J connectivity index is 2.20. The van der Waals surface area contributed by atoms with Gasteiger partial charge in [0.25, 0.3) is 5.91 Å². The van der Waals surface area contributed by atoms with Gasteiger partial charge in [-0.05, 0) is 40.2 Å². The largest absolute Gasteiger partial charge is 0.322 e. The van der Waals surface area contributed by atoms with Crippen LogP contribution in [0.5, 0.6) is 0 Å². The molecule has 0 unspecified atom stereocenters. The molecule has 0 fully saturated rings. The second-order valence-electron chi connectivity index (χ2n) is 3.58. The second-order valence-corrected chi connectivity index (χ2v) is 5.20. The van der Waals surface area contributed by atoms with Gasteiger partial charge in [-0.2, -0.15) is 0 Å². The number of nitrogens with one attached hydrogen (secondary N) is 1. The van der Waals surface area contributed by atoms with Crippen molar-refractivity contribution in [2.24, 2.45) is 0 Å². The lowest BCUT2D eigenvalue weighted by atomic mass is 10.2. The number of hydrogen-bond donors (Lipinski definition) is 1.